The van der Waals surface area contributed by atoms with Gasteiger partial charge in [0.05, 0.1) is 6.10 Å². The summed E-state index contributed by atoms with van der Waals surface area (Å²) < 4.78 is 15.9. The van der Waals surface area contributed by atoms with Gasteiger partial charge in [-0.1, -0.05) is 6.07 Å². The quantitative estimate of drug-likeness (QED) is 0.851. The van der Waals surface area contributed by atoms with Gasteiger partial charge in [-0.2, -0.15) is 0 Å². The minimum Gasteiger partial charge on any atom is -0.454 e. The van der Waals surface area contributed by atoms with Crippen LogP contribution in [-0.2, 0) is 4.74 Å². The highest BCUT2D eigenvalue weighted by Gasteiger charge is 2.25. The Hall–Kier alpha value is -1.26. The van der Waals surface area contributed by atoms with Crippen molar-refractivity contribution in [2.45, 2.75) is 18.9 Å². The molecule has 1 aromatic rings. The summed E-state index contributed by atoms with van der Waals surface area (Å²) in [5.41, 5.74) is 0.904. The predicted molar refractivity (Wildman–Crippen MR) is 61.1 cm³/mol. The monoisotopic (exact) mass is 236 g/mol. The van der Waals surface area contributed by atoms with Gasteiger partial charge in [0.25, 0.3) is 0 Å². The first-order valence-electron chi connectivity index (χ1n) is 6.00. The van der Waals surface area contributed by atoms with Crippen molar-refractivity contribution in [1.29, 1.82) is 0 Å². The summed E-state index contributed by atoms with van der Waals surface area (Å²) >= 11 is 0. The average Bonchev–Trinajstić information content (AvgIpc) is 2.86. The van der Waals surface area contributed by atoms with E-state index in [0.29, 0.717) is 0 Å². The maximum Gasteiger partial charge on any atom is 0.231 e. The van der Waals surface area contributed by atoms with Crippen molar-refractivity contribution in [3.05, 3.63) is 23.8 Å². The summed E-state index contributed by atoms with van der Waals surface area (Å²) in [6.07, 6.45) is 1.39. The van der Waals surface area contributed by atoms with E-state index in [1.54, 1.807) is 0 Å². The van der Waals surface area contributed by atoms with Crippen LogP contribution in [0.4, 0.5) is 0 Å². The van der Waals surface area contributed by atoms with Gasteiger partial charge in [-0.15, -0.1) is 0 Å². The molecule has 0 bridgehead atoms. The minimum absolute atomic E-state index is 0.270. The predicted octanol–water partition coefficient (Wildman–Crippen LogP) is 1.88. The van der Waals surface area contributed by atoms with Gasteiger partial charge >= 0.3 is 0 Å². The highest BCUT2D eigenvalue weighted by molar-refractivity contribution is 5.45. The number of hydrogen-bond donors (Lipinski definition) is 1. The van der Waals surface area contributed by atoms with E-state index in [2.05, 4.69) is 0 Å². The molecule has 1 atom stereocenters. The summed E-state index contributed by atoms with van der Waals surface area (Å²) in [6, 6.07) is 5.65. The maximum atomic E-state index is 10.3. The van der Waals surface area contributed by atoms with Gasteiger partial charge in [0, 0.05) is 13.2 Å². The van der Waals surface area contributed by atoms with Crippen molar-refractivity contribution in [3.8, 4) is 11.5 Å². The third-order valence-corrected chi connectivity index (χ3v) is 3.45. The Bertz CT molecular complexity index is 398. The molecule has 0 saturated carbocycles. The fraction of sp³-hybridized carbons (Fsp3) is 0.538. The maximum absolute atomic E-state index is 10.3. The van der Waals surface area contributed by atoms with Crippen molar-refractivity contribution in [1.82, 2.24) is 0 Å². The molecule has 0 radical (unpaired) electrons. The van der Waals surface area contributed by atoms with E-state index in [4.69, 9.17) is 14.2 Å². The Balaban J connectivity index is 1.78. The second-order valence-electron chi connectivity index (χ2n) is 4.51. The molecular formula is C13H16O4. The van der Waals surface area contributed by atoms with Crippen LogP contribution in [0, 0.1) is 5.92 Å². The number of ether oxygens (including phenoxy) is 3. The molecule has 17 heavy (non-hydrogen) atoms. The van der Waals surface area contributed by atoms with Gasteiger partial charge < -0.3 is 19.3 Å². The van der Waals surface area contributed by atoms with Crippen LogP contribution in [0.25, 0.3) is 0 Å². The molecule has 0 aromatic heterocycles. The van der Waals surface area contributed by atoms with Gasteiger partial charge in [-0.05, 0) is 36.5 Å². The molecule has 0 spiro atoms. The summed E-state index contributed by atoms with van der Waals surface area (Å²) in [6.45, 7) is 1.75. The second-order valence-corrected chi connectivity index (χ2v) is 4.51. The van der Waals surface area contributed by atoms with E-state index in [-0.39, 0.29) is 12.7 Å². The highest BCUT2D eigenvalue weighted by Crippen LogP contribution is 2.37. The van der Waals surface area contributed by atoms with Crippen molar-refractivity contribution < 1.29 is 19.3 Å². The van der Waals surface area contributed by atoms with Crippen LogP contribution in [0.2, 0.25) is 0 Å². The molecule has 1 unspecified atom stereocenters. The largest absolute Gasteiger partial charge is 0.454 e. The van der Waals surface area contributed by atoms with Crippen LogP contribution in [0.3, 0.4) is 0 Å². The van der Waals surface area contributed by atoms with Crippen LogP contribution in [0.1, 0.15) is 24.5 Å². The first-order valence-corrected chi connectivity index (χ1v) is 6.00. The fourth-order valence-electron chi connectivity index (χ4n) is 2.40. The Morgan fingerprint density at radius 1 is 1.12 bits per heavy atom. The third kappa shape index (κ3) is 2.10. The lowest BCUT2D eigenvalue weighted by Crippen LogP contribution is -2.21. The molecule has 1 saturated heterocycles. The van der Waals surface area contributed by atoms with Gasteiger partial charge in [0.2, 0.25) is 6.79 Å². The molecule has 0 amide bonds. The van der Waals surface area contributed by atoms with E-state index >= 15 is 0 Å². The van der Waals surface area contributed by atoms with Gasteiger partial charge in [-0.3, -0.25) is 0 Å². The van der Waals surface area contributed by atoms with Crippen LogP contribution >= 0.6 is 0 Å². The standard InChI is InChI=1S/C13H16O4/c14-13(9-3-5-15-6-4-9)10-1-2-11-12(7-10)17-8-16-11/h1-2,7,9,13-14H,3-6,8H2. The summed E-state index contributed by atoms with van der Waals surface area (Å²) in [4.78, 5) is 0. The number of hydrogen-bond acceptors (Lipinski definition) is 4. The summed E-state index contributed by atoms with van der Waals surface area (Å²) in [5, 5.41) is 10.3. The molecular weight excluding hydrogens is 220 g/mol. The first-order chi connectivity index (χ1) is 8.34. The Morgan fingerprint density at radius 2 is 1.88 bits per heavy atom. The Kier molecular flexibility index (Phi) is 2.91. The van der Waals surface area contributed by atoms with E-state index in [1.807, 2.05) is 18.2 Å². The molecule has 4 heteroatoms. The summed E-state index contributed by atoms with van der Waals surface area (Å²) in [7, 11) is 0. The van der Waals surface area contributed by atoms with Crippen LogP contribution in [-0.4, -0.2) is 25.1 Å². The zero-order chi connectivity index (χ0) is 11.7. The van der Waals surface area contributed by atoms with E-state index < -0.39 is 6.10 Å². The molecule has 1 N–H and O–H groups in total. The molecule has 0 aliphatic carbocycles. The van der Waals surface area contributed by atoms with Crippen LogP contribution in [0.15, 0.2) is 18.2 Å². The Morgan fingerprint density at radius 3 is 2.71 bits per heavy atom. The summed E-state index contributed by atoms with van der Waals surface area (Å²) in [5.74, 6) is 1.77. The lowest BCUT2D eigenvalue weighted by molar-refractivity contribution is 0.00713. The third-order valence-electron chi connectivity index (χ3n) is 3.45. The van der Waals surface area contributed by atoms with Crippen molar-refractivity contribution >= 4 is 0 Å². The number of fused-ring (bicyclic) bond motifs is 1. The molecule has 92 valence electrons. The molecule has 3 rings (SSSR count). The molecule has 1 aromatic carbocycles. The molecule has 2 aliphatic heterocycles. The number of rotatable bonds is 2. The highest BCUT2D eigenvalue weighted by atomic mass is 16.7. The molecule has 4 nitrogen and oxygen atoms in total. The SMILES string of the molecule is OC(c1ccc2c(c1)OCO2)C1CCOCC1. The van der Waals surface area contributed by atoms with Gasteiger partial charge in [0.15, 0.2) is 11.5 Å². The fourth-order valence-corrected chi connectivity index (χ4v) is 2.40. The molecule has 1 fully saturated rings. The Labute approximate surface area is 100 Å². The van der Waals surface area contributed by atoms with Gasteiger partial charge in [0.1, 0.15) is 0 Å². The zero-order valence-corrected chi connectivity index (χ0v) is 9.59. The normalized spacial score (nSPS) is 21.5. The minimum atomic E-state index is -0.437. The van der Waals surface area contributed by atoms with Crippen LogP contribution < -0.4 is 9.47 Å². The number of benzene rings is 1. The molecule has 2 heterocycles. The number of aliphatic hydroxyl groups is 1. The second kappa shape index (κ2) is 4.55. The lowest BCUT2D eigenvalue weighted by atomic mass is 9.89. The van der Waals surface area contributed by atoms with Crippen molar-refractivity contribution in [2.75, 3.05) is 20.0 Å². The van der Waals surface area contributed by atoms with E-state index in [9.17, 15) is 5.11 Å². The smallest absolute Gasteiger partial charge is 0.231 e. The molecule has 2 aliphatic rings. The lowest BCUT2D eigenvalue weighted by Gasteiger charge is -2.27. The first kappa shape index (κ1) is 10.9. The average molecular weight is 236 g/mol. The topological polar surface area (TPSA) is 47.9 Å². The zero-order valence-electron chi connectivity index (χ0n) is 9.59. The number of aliphatic hydroxyl groups excluding tert-OH is 1. The van der Waals surface area contributed by atoms with Crippen molar-refractivity contribution in [2.24, 2.45) is 5.92 Å². The van der Waals surface area contributed by atoms with E-state index in [1.165, 1.54) is 0 Å². The van der Waals surface area contributed by atoms with Crippen molar-refractivity contribution in [3.63, 3.8) is 0 Å². The van der Waals surface area contributed by atoms with E-state index in [0.717, 1.165) is 43.1 Å². The van der Waals surface area contributed by atoms with Gasteiger partial charge in [-0.25, -0.2) is 0 Å². The van der Waals surface area contributed by atoms with Crippen LogP contribution in [0.5, 0.6) is 11.5 Å².